The van der Waals surface area contributed by atoms with Gasteiger partial charge in [-0.3, -0.25) is 13.9 Å². The third-order valence-electron chi connectivity index (χ3n) is 8.79. The van der Waals surface area contributed by atoms with Gasteiger partial charge in [0, 0.05) is 40.7 Å². The minimum atomic E-state index is -4.29. The SMILES string of the molecule is O=C(NC1CCCC1)C(Cc1ccccc1)N(Cc1c(Cl)cccc1Cl)C(=O)CN(c1ccc2c(c1)OCCO2)S(=O)(=O)c1ccccc1. The van der Waals surface area contributed by atoms with Gasteiger partial charge in [0.15, 0.2) is 11.5 Å². The van der Waals surface area contributed by atoms with Gasteiger partial charge in [0.25, 0.3) is 10.0 Å². The number of halogens is 2. The molecular formula is C37H37Cl2N3O6S. The van der Waals surface area contributed by atoms with Crippen LogP contribution in [-0.4, -0.2) is 57.0 Å². The number of hydrogen-bond acceptors (Lipinski definition) is 6. The molecule has 0 aromatic heterocycles. The van der Waals surface area contributed by atoms with Crippen LogP contribution in [-0.2, 0) is 32.6 Å². The Balaban J connectivity index is 1.43. The van der Waals surface area contributed by atoms with E-state index in [2.05, 4.69) is 5.32 Å². The highest BCUT2D eigenvalue weighted by atomic mass is 35.5. The molecule has 0 radical (unpaired) electrons. The lowest BCUT2D eigenvalue weighted by molar-refractivity contribution is -0.140. The van der Waals surface area contributed by atoms with Crippen LogP contribution in [0.25, 0.3) is 0 Å². The Morgan fingerprint density at radius 2 is 1.45 bits per heavy atom. The van der Waals surface area contributed by atoms with Crippen molar-refractivity contribution in [2.45, 2.75) is 55.6 Å². The number of rotatable bonds is 12. The van der Waals surface area contributed by atoms with Gasteiger partial charge >= 0.3 is 0 Å². The maximum Gasteiger partial charge on any atom is 0.264 e. The Morgan fingerprint density at radius 1 is 0.816 bits per heavy atom. The van der Waals surface area contributed by atoms with Gasteiger partial charge in [-0.15, -0.1) is 0 Å². The van der Waals surface area contributed by atoms with E-state index in [0.29, 0.717) is 40.3 Å². The molecule has 1 aliphatic heterocycles. The maximum atomic E-state index is 14.8. The molecule has 49 heavy (non-hydrogen) atoms. The number of anilines is 1. The fourth-order valence-corrected chi connectivity index (χ4v) is 8.15. The van der Waals surface area contributed by atoms with E-state index in [1.807, 2.05) is 30.3 Å². The molecular weight excluding hydrogens is 685 g/mol. The molecule has 0 saturated heterocycles. The zero-order valence-electron chi connectivity index (χ0n) is 26.8. The number of hydrogen-bond donors (Lipinski definition) is 1. The van der Waals surface area contributed by atoms with Crippen LogP contribution in [0.4, 0.5) is 5.69 Å². The predicted octanol–water partition coefficient (Wildman–Crippen LogP) is 6.66. The van der Waals surface area contributed by atoms with Gasteiger partial charge < -0.3 is 19.7 Å². The molecule has 2 aliphatic rings. The second kappa shape index (κ2) is 15.5. The minimum Gasteiger partial charge on any atom is -0.486 e. The first kappa shape index (κ1) is 34.6. The first-order valence-electron chi connectivity index (χ1n) is 16.2. The van der Waals surface area contributed by atoms with Crippen molar-refractivity contribution in [3.05, 3.63) is 118 Å². The number of amides is 2. The third-order valence-corrected chi connectivity index (χ3v) is 11.3. The maximum absolute atomic E-state index is 14.8. The van der Waals surface area contributed by atoms with Crippen molar-refractivity contribution in [2.75, 3.05) is 24.1 Å². The average molecular weight is 723 g/mol. The van der Waals surface area contributed by atoms with Gasteiger partial charge in [-0.2, -0.15) is 0 Å². The van der Waals surface area contributed by atoms with Gasteiger partial charge in [0.1, 0.15) is 25.8 Å². The van der Waals surface area contributed by atoms with E-state index in [-0.39, 0.29) is 35.5 Å². The number of fused-ring (bicyclic) bond motifs is 1. The summed E-state index contributed by atoms with van der Waals surface area (Å²) >= 11 is 13.3. The molecule has 4 aromatic rings. The Morgan fingerprint density at radius 3 is 2.12 bits per heavy atom. The summed E-state index contributed by atoms with van der Waals surface area (Å²) in [6.07, 6.45) is 3.90. The van der Waals surface area contributed by atoms with Crippen molar-refractivity contribution in [1.82, 2.24) is 10.2 Å². The summed E-state index contributed by atoms with van der Waals surface area (Å²) in [5.74, 6) is -0.112. The van der Waals surface area contributed by atoms with Crippen molar-refractivity contribution in [2.24, 2.45) is 0 Å². The Labute approximate surface area is 296 Å². The van der Waals surface area contributed by atoms with E-state index in [0.717, 1.165) is 35.6 Å². The van der Waals surface area contributed by atoms with E-state index >= 15 is 0 Å². The number of carbonyl (C=O) groups excluding carboxylic acids is 2. The molecule has 1 atom stereocenters. The molecule has 1 saturated carbocycles. The smallest absolute Gasteiger partial charge is 0.264 e. The summed E-state index contributed by atoms with van der Waals surface area (Å²) in [5.41, 5.74) is 1.48. The van der Waals surface area contributed by atoms with E-state index in [9.17, 15) is 18.0 Å². The molecule has 1 N–H and O–H groups in total. The van der Waals surface area contributed by atoms with Crippen LogP contribution < -0.4 is 19.1 Å². The van der Waals surface area contributed by atoms with Crippen molar-refractivity contribution in [3.63, 3.8) is 0 Å². The van der Waals surface area contributed by atoms with Crippen LogP contribution in [0.15, 0.2) is 102 Å². The number of ether oxygens (including phenoxy) is 2. The van der Waals surface area contributed by atoms with Gasteiger partial charge in [-0.25, -0.2) is 8.42 Å². The van der Waals surface area contributed by atoms with Gasteiger partial charge in [0.05, 0.1) is 10.6 Å². The Bertz CT molecular complexity index is 1870. The summed E-state index contributed by atoms with van der Waals surface area (Å²) in [7, 11) is -4.29. The fourth-order valence-electron chi connectivity index (χ4n) is 6.21. The third kappa shape index (κ3) is 8.15. The number of nitrogens with zero attached hydrogens (tertiary/aromatic N) is 2. The van der Waals surface area contributed by atoms with Crippen molar-refractivity contribution in [3.8, 4) is 11.5 Å². The van der Waals surface area contributed by atoms with Gasteiger partial charge in [-0.05, 0) is 54.8 Å². The molecule has 4 aromatic carbocycles. The van der Waals surface area contributed by atoms with Crippen LogP contribution >= 0.6 is 23.2 Å². The van der Waals surface area contributed by atoms with Crippen LogP contribution in [0.3, 0.4) is 0 Å². The monoisotopic (exact) mass is 721 g/mol. The summed E-state index contributed by atoms with van der Waals surface area (Å²) in [4.78, 5) is 30.4. The molecule has 256 valence electrons. The fraction of sp³-hybridized carbons (Fsp3) is 0.297. The Kier molecular flexibility index (Phi) is 11.0. The largest absolute Gasteiger partial charge is 0.486 e. The second-order valence-electron chi connectivity index (χ2n) is 12.1. The van der Waals surface area contributed by atoms with E-state index < -0.39 is 28.5 Å². The number of nitrogens with one attached hydrogen (secondary N) is 1. The van der Waals surface area contributed by atoms with E-state index in [1.54, 1.807) is 54.6 Å². The highest BCUT2D eigenvalue weighted by Crippen LogP contribution is 2.36. The van der Waals surface area contributed by atoms with Crippen LogP contribution in [0.2, 0.25) is 10.0 Å². The van der Waals surface area contributed by atoms with Crippen LogP contribution in [0.1, 0.15) is 36.8 Å². The highest BCUT2D eigenvalue weighted by Gasteiger charge is 2.36. The first-order chi connectivity index (χ1) is 23.7. The number of sulfonamides is 1. The Hall–Kier alpha value is -4.25. The van der Waals surface area contributed by atoms with Crippen molar-refractivity contribution >= 4 is 50.7 Å². The molecule has 1 unspecified atom stereocenters. The van der Waals surface area contributed by atoms with Gasteiger partial charge in [0.2, 0.25) is 11.8 Å². The van der Waals surface area contributed by atoms with E-state index in [4.69, 9.17) is 32.7 Å². The molecule has 0 bridgehead atoms. The molecule has 9 nitrogen and oxygen atoms in total. The number of benzene rings is 4. The minimum absolute atomic E-state index is 0.00167. The molecule has 1 fully saturated rings. The average Bonchev–Trinajstić information content (AvgIpc) is 3.63. The normalized spacial score (nSPS) is 15.0. The lowest BCUT2D eigenvalue weighted by atomic mass is 10.0. The number of carbonyl (C=O) groups is 2. The quantitative estimate of drug-likeness (QED) is 0.176. The summed E-state index contributed by atoms with van der Waals surface area (Å²) in [6, 6.07) is 26.0. The first-order valence-corrected chi connectivity index (χ1v) is 18.4. The summed E-state index contributed by atoms with van der Waals surface area (Å²) in [5, 5.41) is 3.80. The zero-order chi connectivity index (χ0) is 34.4. The van der Waals surface area contributed by atoms with Crippen molar-refractivity contribution < 1.29 is 27.5 Å². The lowest BCUT2D eigenvalue weighted by Crippen LogP contribution is -2.54. The van der Waals surface area contributed by atoms with Crippen LogP contribution in [0, 0.1) is 0 Å². The molecule has 12 heteroatoms. The summed E-state index contributed by atoms with van der Waals surface area (Å²) < 4.78 is 41.1. The molecule has 0 spiro atoms. The lowest BCUT2D eigenvalue weighted by Gasteiger charge is -2.35. The van der Waals surface area contributed by atoms with Crippen molar-refractivity contribution in [1.29, 1.82) is 0 Å². The molecule has 6 rings (SSSR count). The molecule has 2 amide bonds. The summed E-state index contributed by atoms with van der Waals surface area (Å²) in [6.45, 7) is -0.0964. The molecule has 1 aliphatic carbocycles. The second-order valence-corrected chi connectivity index (χ2v) is 14.7. The van der Waals surface area contributed by atoms with E-state index in [1.165, 1.54) is 17.0 Å². The molecule has 1 heterocycles. The van der Waals surface area contributed by atoms with Crippen LogP contribution in [0.5, 0.6) is 11.5 Å². The highest BCUT2D eigenvalue weighted by molar-refractivity contribution is 7.92. The standard InChI is InChI=1S/C37H37Cl2N3O6S/c38-31-16-9-17-32(39)30(31)24-41(33(22-26-10-3-1-4-11-26)37(44)40-27-12-7-8-13-27)36(43)25-42(49(45,46)29-14-5-2-6-15-29)28-18-19-34-35(23-28)48-21-20-47-34/h1-6,9-11,14-19,23,27,33H,7-8,12-13,20-22,24-25H2,(H,40,44). The zero-order valence-corrected chi connectivity index (χ0v) is 29.1. The topological polar surface area (TPSA) is 105 Å². The van der Waals surface area contributed by atoms with Gasteiger partial charge in [-0.1, -0.05) is 90.6 Å². The predicted molar refractivity (Wildman–Crippen MR) is 190 cm³/mol.